The van der Waals surface area contributed by atoms with E-state index in [4.69, 9.17) is 0 Å². The van der Waals surface area contributed by atoms with E-state index in [-0.39, 0.29) is 11.5 Å². The molecular formula is C40H56O3. The third-order valence-corrected chi connectivity index (χ3v) is 7.54. The summed E-state index contributed by atoms with van der Waals surface area (Å²) in [5, 5.41) is 30.1. The summed E-state index contributed by atoms with van der Waals surface area (Å²) in [6.45, 7) is 19.9. The summed E-state index contributed by atoms with van der Waals surface area (Å²) in [6, 6.07) is 0. The fourth-order valence-corrected chi connectivity index (χ4v) is 4.38. The Morgan fingerprint density at radius 1 is 0.721 bits per heavy atom. The molecule has 0 radical (unpaired) electrons. The molecule has 3 heteroatoms. The van der Waals surface area contributed by atoms with E-state index < -0.39 is 11.7 Å². The first-order chi connectivity index (χ1) is 20.0. The molecule has 0 saturated heterocycles. The second-order valence-electron chi connectivity index (χ2n) is 12.8. The van der Waals surface area contributed by atoms with Crippen molar-refractivity contribution in [3.8, 4) is 0 Å². The van der Waals surface area contributed by atoms with Crippen molar-refractivity contribution in [3.63, 3.8) is 0 Å². The van der Waals surface area contributed by atoms with E-state index >= 15 is 0 Å². The van der Waals surface area contributed by atoms with E-state index in [9.17, 15) is 15.3 Å². The number of hydrogen-bond acceptors (Lipinski definition) is 3. The van der Waals surface area contributed by atoms with E-state index in [0.717, 1.165) is 29.6 Å². The monoisotopic (exact) mass is 584 g/mol. The third kappa shape index (κ3) is 15.2. The van der Waals surface area contributed by atoms with Gasteiger partial charge in [0.25, 0.3) is 0 Å². The van der Waals surface area contributed by atoms with Crippen molar-refractivity contribution in [1.29, 1.82) is 0 Å². The molecule has 2 atom stereocenters. The molecular weight excluding hydrogens is 528 g/mol. The minimum absolute atomic E-state index is 0.210. The van der Waals surface area contributed by atoms with E-state index in [0.29, 0.717) is 0 Å². The van der Waals surface area contributed by atoms with Crippen LogP contribution in [0.25, 0.3) is 0 Å². The Bertz CT molecular complexity index is 1290. The molecule has 234 valence electrons. The highest BCUT2D eigenvalue weighted by atomic mass is 16.3. The third-order valence-electron chi connectivity index (χ3n) is 7.54. The summed E-state index contributed by atoms with van der Waals surface area (Å²) < 4.78 is 0. The Balaban J connectivity index is 2.64. The van der Waals surface area contributed by atoms with Gasteiger partial charge in [0, 0.05) is 5.41 Å². The zero-order valence-electron chi connectivity index (χ0n) is 28.2. The molecule has 0 spiro atoms. The average molecular weight is 585 g/mol. The van der Waals surface area contributed by atoms with Crippen LogP contribution in [0.4, 0.5) is 0 Å². The maximum absolute atomic E-state index is 10.4. The van der Waals surface area contributed by atoms with E-state index in [2.05, 4.69) is 96.2 Å². The van der Waals surface area contributed by atoms with Gasteiger partial charge in [-0.1, -0.05) is 151 Å². The standard InChI is InChI=1S/C40H56O3/c1-30(18-13-20-32(3)21-15-23-34(5)25-28-38(42)40(9,10)43)16-11-12-17-31(2)19-14-22-33(4)24-27-36-35(6)26-29-37(41)39(36,7)8/h11-25,27-28,37-38,41-43H,26,29H2,1-10H3/b12-11+,18-13+,19-14+,21-15+,27-24+,28-25+,30-16+,31-17+,32-20+,33-22+,34-23+/t37?,38-/m1/s1. The molecule has 43 heavy (non-hydrogen) atoms. The van der Waals surface area contributed by atoms with Crippen LogP contribution in [0.2, 0.25) is 0 Å². The van der Waals surface area contributed by atoms with E-state index in [1.807, 2.05) is 56.4 Å². The van der Waals surface area contributed by atoms with Crippen LogP contribution in [-0.2, 0) is 0 Å². The molecule has 1 rings (SSSR count). The molecule has 0 aliphatic heterocycles. The van der Waals surface area contributed by atoms with Gasteiger partial charge in [0.05, 0.1) is 11.7 Å². The van der Waals surface area contributed by atoms with Gasteiger partial charge in [0.1, 0.15) is 6.10 Å². The zero-order chi connectivity index (χ0) is 32.6. The lowest BCUT2D eigenvalue weighted by atomic mass is 9.70. The first kappa shape index (κ1) is 37.8. The summed E-state index contributed by atoms with van der Waals surface area (Å²) in [6.07, 6.45) is 35.0. The first-order valence-corrected chi connectivity index (χ1v) is 15.3. The normalized spacial score (nSPS) is 21.3. The molecule has 0 aromatic heterocycles. The van der Waals surface area contributed by atoms with Crippen molar-refractivity contribution in [1.82, 2.24) is 0 Å². The Morgan fingerprint density at radius 3 is 1.56 bits per heavy atom. The van der Waals surface area contributed by atoms with Crippen molar-refractivity contribution >= 4 is 0 Å². The molecule has 0 saturated carbocycles. The molecule has 3 nitrogen and oxygen atoms in total. The van der Waals surface area contributed by atoms with Crippen LogP contribution >= 0.6 is 0 Å². The molecule has 0 fully saturated rings. The van der Waals surface area contributed by atoms with Crippen LogP contribution in [0.1, 0.15) is 82.1 Å². The lowest BCUT2D eigenvalue weighted by Gasteiger charge is -2.37. The minimum Gasteiger partial charge on any atom is -0.392 e. The largest absolute Gasteiger partial charge is 0.392 e. The van der Waals surface area contributed by atoms with E-state index in [1.165, 1.54) is 22.3 Å². The fourth-order valence-electron chi connectivity index (χ4n) is 4.38. The summed E-state index contributed by atoms with van der Waals surface area (Å²) in [7, 11) is 0. The molecule has 1 aliphatic carbocycles. The Labute approximate surface area is 262 Å². The van der Waals surface area contributed by atoms with Gasteiger partial charge in [-0.05, 0) is 73.8 Å². The van der Waals surface area contributed by atoms with Crippen LogP contribution in [0, 0.1) is 5.41 Å². The minimum atomic E-state index is -1.15. The van der Waals surface area contributed by atoms with Gasteiger partial charge in [-0.25, -0.2) is 0 Å². The maximum atomic E-state index is 10.4. The molecule has 0 aromatic rings. The van der Waals surface area contributed by atoms with Crippen molar-refractivity contribution in [3.05, 3.63) is 142 Å². The Morgan fingerprint density at radius 2 is 1.12 bits per heavy atom. The van der Waals surface area contributed by atoms with Crippen molar-refractivity contribution in [2.45, 2.75) is 99.9 Å². The van der Waals surface area contributed by atoms with Crippen LogP contribution in [0.15, 0.2) is 142 Å². The highest BCUT2D eigenvalue weighted by Gasteiger charge is 2.34. The van der Waals surface area contributed by atoms with Gasteiger partial charge in [0.15, 0.2) is 0 Å². The van der Waals surface area contributed by atoms with Crippen molar-refractivity contribution in [2.75, 3.05) is 0 Å². The number of hydrogen-bond donors (Lipinski definition) is 3. The molecule has 0 heterocycles. The second-order valence-corrected chi connectivity index (χ2v) is 12.8. The number of rotatable bonds is 13. The predicted octanol–water partition coefficient (Wildman–Crippen LogP) is 9.68. The fraction of sp³-hybridized carbons (Fsp3) is 0.400. The predicted molar refractivity (Wildman–Crippen MR) is 188 cm³/mol. The van der Waals surface area contributed by atoms with Crippen molar-refractivity contribution < 1.29 is 15.3 Å². The molecule has 1 unspecified atom stereocenters. The molecule has 3 N–H and O–H groups in total. The average Bonchev–Trinajstić information content (AvgIpc) is 2.91. The van der Waals surface area contributed by atoms with Crippen molar-refractivity contribution in [2.24, 2.45) is 5.41 Å². The highest BCUT2D eigenvalue weighted by molar-refractivity contribution is 5.38. The Hall–Kier alpha value is -3.24. The van der Waals surface area contributed by atoms with Crippen LogP contribution < -0.4 is 0 Å². The van der Waals surface area contributed by atoms with Crippen LogP contribution in [0.5, 0.6) is 0 Å². The SMILES string of the molecule is CC1=C(/C=C/C(C)=C/C=C/C(C)=C/C=C/C=C(C)/C=C/C=C(C)/C=C/C=C(C)/C=C/[C@@H](O)C(C)(C)O)C(C)(C)C(O)CC1. The number of allylic oxidation sites excluding steroid dienone is 22. The summed E-state index contributed by atoms with van der Waals surface area (Å²) in [4.78, 5) is 0. The Kier molecular flexibility index (Phi) is 16.2. The molecule has 0 aromatic carbocycles. The number of aliphatic hydroxyl groups is 3. The van der Waals surface area contributed by atoms with Crippen LogP contribution in [-0.4, -0.2) is 33.1 Å². The maximum Gasteiger partial charge on any atom is 0.101 e. The molecule has 0 bridgehead atoms. The first-order valence-electron chi connectivity index (χ1n) is 15.3. The van der Waals surface area contributed by atoms with Gasteiger partial charge >= 0.3 is 0 Å². The smallest absolute Gasteiger partial charge is 0.101 e. The summed E-state index contributed by atoms with van der Waals surface area (Å²) in [5.74, 6) is 0. The van der Waals surface area contributed by atoms with Gasteiger partial charge in [-0.15, -0.1) is 0 Å². The van der Waals surface area contributed by atoms with Gasteiger partial charge in [-0.2, -0.15) is 0 Å². The van der Waals surface area contributed by atoms with Gasteiger partial charge in [-0.3, -0.25) is 0 Å². The summed E-state index contributed by atoms with van der Waals surface area (Å²) >= 11 is 0. The zero-order valence-corrected chi connectivity index (χ0v) is 28.2. The van der Waals surface area contributed by atoms with E-state index in [1.54, 1.807) is 19.9 Å². The van der Waals surface area contributed by atoms with Crippen LogP contribution in [0.3, 0.4) is 0 Å². The topological polar surface area (TPSA) is 60.7 Å². The lowest BCUT2D eigenvalue weighted by molar-refractivity contribution is -0.0226. The molecule has 0 amide bonds. The van der Waals surface area contributed by atoms with Gasteiger partial charge < -0.3 is 15.3 Å². The molecule has 1 aliphatic rings. The van der Waals surface area contributed by atoms with Gasteiger partial charge in [0.2, 0.25) is 0 Å². The lowest BCUT2D eigenvalue weighted by Crippen LogP contribution is -2.34. The summed E-state index contributed by atoms with van der Waals surface area (Å²) in [5.41, 5.74) is 6.86. The quantitative estimate of drug-likeness (QED) is 0.189. The second kappa shape index (κ2) is 18.4. The number of aliphatic hydroxyl groups excluding tert-OH is 2. The highest BCUT2D eigenvalue weighted by Crippen LogP contribution is 2.41.